The van der Waals surface area contributed by atoms with E-state index in [0.29, 0.717) is 23.4 Å². The molecule has 1 N–H and O–H groups in total. The molecule has 1 atom stereocenters. The standard InChI is InChI=1S/C22H19N3O4S2/c26-19(23-11-14-4-3-9-29-14)12-30-22-24-17-8-7-13(10-18(17)31-22)25-20(27)15-5-1-2-6-16(15)21(25)28/h1-2,5-8,10,14H,3-4,9,11-12H2,(H,23,26)/t14-/m0/s1. The first-order valence-corrected chi connectivity index (χ1v) is 11.8. The van der Waals surface area contributed by atoms with Gasteiger partial charge in [-0.3, -0.25) is 14.4 Å². The van der Waals surface area contributed by atoms with Crippen molar-refractivity contribution < 1.29 is 19.1 Å². The molecule has 31 heavy (non-hydrogen) atoms. The minimum atomic E-state index is -0.318. The van der Waals surface area contributed by atoms with E-state index in [4.69, 9.17) is 4.74 Å². The molecule has 0 aliphatic carbocycles. The van der Waals surface area contributed by atoms with E-state index < -0.39 is 0 Å². The first kappa shape index (κ1) is 20.2. The number of fused-ring (bicyclic) bond motifs is 2. The number of benzene rings is 2. The highest BCUT2D eigenvalue weighted by atomic mass is 32.2. The van der Waals surface area contributed by atoms with Crippen molar-refractivity contribution in [2.24, 2.45) is 0 Å². The molecule has 3 heterocycles. The second-order valence-electron chi connectivity index (χ2n) is 7.35. The van der Waals surface area contributed by atoms with Crippen LogP contribution in [0.4, 0.5) is 5.69 Å². The Morgan fingerprint density at radius 2 is 1.97 bits per heavy atom. The third-order valence-electron chi connectivity index (χ3n) is 5.28. The molecule has 7 nitrogen and oxygen atoms in total. The first-order valence-electron chi connectivity index (χ1n) is 9.99. The number of carbonyl (C=O) groups excluding carboxylic acids is 3. The van der Waals surface area contributed by atoms with Gasteiger partial charge in [0, 0.05) is 13.2 Å². The maximum absolute atomic E-state index is 12.7. The summed E-state index contributed by atoms with van der Waals surface area (Å²) in [5.74, 6) is -0.409. The summed E-state index contributed by atoms with van der Waals surface area (Å²) in [5.41, 5.74) is 2.13. The molecule has 9 heteroatoms. The highest BCUT2D eigenvalue weighted by Gasteiger charge is 2.36. The molecule has 1 saturated heterocycles. The van der Waals surface area contributed by atoms with Crippen LogP contribution in [0.1, 0.15) is 33.6 Å². The molecule has 1 aromatic heterocycles. The number of ether oxygens (including phenoxy) is 1. The molecule has 0 saturated carbocycles. The van der Waals surface area contributed by atoms with E-state index in [1.54, 1.807) is 42.5 Å². The van der Waals surface area contributed by atoms with Crippen molar-refractivity contribution >= 4 is 56.7 Å². The number of thioether (sulfide) groups is 1. The van der Waals surface area contributed by atoms with Gasteiger partial charge >= 0.3 is 0 Å². The largest absolute Gasteiger partial charge is 0.376 e. The van der Waals surface area contributed by atoms with Crippen LogP contribution in [-0.4, -0.2) is 47.7 Å². The summed E-state index contributed by atoms with van der Waals surface area (Å²) in [7, 11) is 0. The first-order chi connectivity index (χ1) is 15.1. The number of thiazole rings is 1. The molecule has 0 bridgehead atoms. The van der Waals surface area contributed by atoms with Gasteiger partial charge in [-0.1, -0.05) is 23.9 Å². The zero-order chi connectivity index (χ0) is 21.4. The predicted octanol–water partition coefficient (Wildman–Crippen LogP) is 3.48. The van der Waals surface area contributed by atoms with Gasteiger partial charge in [-0.25, -0.2) is 9.88 Å². The van der Waals surface area contributed by atoms with Gasteiger partial charge in [-0.2, -0.15) is 0 Å². The zero-order valence-corrected chi connectivity index (χ0v) is 18.1. The van der Waals surface area contributed by atoms with Gasteiger partial charge in [-0.15, -0.1) is 11.3 Å². The quantitative estimate of drug-likeness (QED) is 0.454. The molecule has 3 aromatic rings. The maximum atomic E-state index is 12.7. The summed E-state index contributed by atoms with van der Waals surface area (Å²) in [6, 6.07) is 12.2. The number of anilines is 1. The molecule has 2 aliphatic rings. The van der Waals surface area contributed by atoms with Crippen LogP contribution in [-0.2, 0) is 9.53 Å². The van der Waals surface area contributed by atoms with Gasteiger partial charge < -0.3 is 10.1 Å². The number of imide groups is 1. The molecular weight excluding hydrogens is 434 g/mol. The van der Waals surface area contributed by atoms with Crippen LogP contribution in [0.3, 0.4) is 0 Å². The second kappa shape index (κ2) is 8.41. The summed E-state index contributed by atoms with van der Waals surface area (Å²) in [6.45, 7) is 1.31. The van der Waals surface area contributed by atoms with Crippen LogP contribution >= 0.6 is 23.1 Å². The van der Waals surface area contributed by atoms with Crippen molar-refractivity contribution in [1.29, 1.82) is 0 Å². The molecule has 3 amide bonds. The SMILES string of the molecule is O=C(CSc1nc2ccc(N3C(=O)c4ccccc4C3=O)cc2s1)NC[C@@H]1CCCO1. The summed E-state index contributed by atoms with van der Waals surface area (Å²) >= 11 is 2.81. The van der Waals surface area contributed by atoms with E-state index in [1.165, 1.54) is 28.0 Å². The summed E-state index contributed by atoms with van der Waals surface area (Å²) < 4.78 is 7.13. The molecule has 2 aliphatic heterocycles. The molecule has 0 unspecified atom stereocenters. The predicted molar refractivity (Wildman–Crippen MR) is 120 cm³/mol. The maximum Gasteiger partial charge on any atom is 0.266 e. The molecule has 2 aromatic carbocycles. The van der Waals surface area contributed by atoms with Gasteiger partial charge in [-0.05, 0) is 43.2 Å². The van der Waals surface area contributed by atoms with Crippen LogP contribution < -0.4 is 10.2 Å². The normalized spacial score (nSPS) is 18.1. The van der Waals surface area contributed by atoms with Crippen molar-refractivity contribution in [3.8, 4) is 0 Å². The Balaban J connectivity index is 1.27. The number of hydrogen-bond donors (Lipinski definition) is 1. The van der Waals surface area contributed by atoms with Crippen LogP contribution in [0, 0.1) is 0 Å². The van der Waals surface area contributed by atoms with Gasteiger partial charge in [0.2, 0.25) is 5.91 Å². The average Bonchev–Trinajstić information content (AvgIpc) is 3.50. The van der Waals surface area contributed by atoms with Crippen molar-refractivity contribution in [3.63, 3.8) is 0 Å². The van der Waals surface area contributed by atoms with Gasteiger partial charge in [0.1, 0.15) is 0 Å². The summed E-state index contributed by atoms with van der Waals surface area (Å²) in [4.78, 5) is 43.3. The lowest BCUT2D eigenvalue weighted by Crippen LogP contribution is -2.32. The topological polar surface area (TPSA) is 88.6 Å². The molecule has 1 fully saturated rings. The van der Waals surface area contributed by atoms with Crippen molar-refractivity contribution in [2.45, 2.75) is 23.3 Å². The van der Waals surface area contributed by atoms with E-state index in [0.717, 1.165) is 34.0 Å². The van der Waals surface area contributed by atoms with Gasteiger partial charge in [0.15, 0.2) is 4.34 Å². The summed E-state index contributed by atoms with van der Waals surface area (Å²) in [6.07, 6.45) is 2.15. The Bertz CT molecular complexity index is 1150. The van der Waals surface area contributed by atoms with Crippen molar-refractivity contribution in [3.05, 3.63) is 53.6 Å². The molecule has 0 spiro atoms. The number of rotatable bonds is 6. The fraction of sp³-hybridized carbons (Fsp3) is 0.273. The lowest BCUT2D eigenvalue weighted by Gasteiger charge is -2.13. The van der Waals surface area contributed by atoms with Crippen LogP contribution in [0.5, 0.6) is 0 Å². The Kier molecular flexibility index (Phi) is 5.47. The monoisotopic (exact) mass is 453 g/mol. The lowest BCUT2D eigenvalue weighted by atomic mass is 10.1. The van der Waals surface area contributed by atoms with Crippen LogP contribution in [0.25, 0.3) is 10.2 Å². The fourth-order valence-corrected chi connectivity index (χ4v) is 5.66. The van der Waals surface area contributed by atoms with E-state index in [-0.39, 0.29) is 29.6 Å². The number of carbonyl (C=O) groups is 3. The smallest absolute Gasteiger partial charge is 0.266 e. The molecule has 0 radical (unpaired) electrons. The molecular formula is C22H19N3O4S2. The fourth-order valence-electron chi connectivity index (χ4n) is 3.73. The molecule has 5 rings (SSSR count). The number of nitrogens with zero attached hydrogens (tertiary/aromatic N) is 2. The van der Waals surface area contributed by atoms with Crippen molar-refractivity contribution in [2.75, 3.05) is 23.8 Å². The Morgan fingerprint density at radius 1 is 1.19 bits per heavy atom. The highest BCUT2D eigenvalue weighted by molar-refractivity contribution is 8.01. The van der Waals surface area contributed by atoms with E-state index in [1.807, 2.05) is 0 Å². The second-order valence-corrected chi connectivity index (χ2v) is 9.60. The van der Waals surface area contributed by atoms with Crippen molar-refractivity contribution in [1.82, 2.24) is 10.3 Å². The van der Waals surface area contributed by atoms with E-state index in [2.05, 4.69) is 10.3 Å². The minimum Gasteiger partial charge on any atom is -0.376 e. The average molecular weight is 454 g/mol. The number of aromatic nitrogens is 1. The van der Waals surface area contributed by atoms with Gasteiger partial charge in [0.05, 0.1) is 38.9 Å². The minimum absolute atomic E-state index is 0.0496. The third-order valence-corrected chi connectivity index (χ3v) is 7.44. The Labute approximate surface area is 186 Å². The van der Waals surface area contributed by atoms with Crippen LogP contribution in [0.2, 0.25) is 0 Å². The number of nitrogens with one attached hydrogen (secondary N) is 1. The Morgan fingerprint density at radius 3 is 2.68 bits per heavy atom. The van der Waals surface area contributed by atoms with Crippen LogP contribution in [0.15, 0.2) is 46.8 Å². The lowest BCUT2D eigenvalue weighted by molar-refractivity contribution is -0.119. The number of amides is 3. The van der Waals surface area contributed by atoms with E-state index >= 15 is 0 Å². The van der Waals surface area contributed by atoms with Gasteiger partial charge in [0.25, 0.3) is 11.8 Å². The van der Waals surface area contributed by atoms with E-state index in [9.17, 15) is 14.4 Å². The number of hydrogen-bond acceptors (Lipinski definition) is 7. The zero-order valence-electron chi connectivity index (χ0n) is 16.5. The highest BCUT2D eigenvalue weighted by Crippen LogP contribution is 2.34. The molecule has 158 valence electrons. The summed E-state index contributed by atoms with van der Waals surface area (Å²) in [5, 5.41) is 2.90. The third kappa shape index (κ3) is 3.96. The Hall–Kier alpha value is -2.75.